The molecule has 1 aromatic carbocycles. The highest BCUT2D eigenvalue weighted by atomic mass is 35.5. The molecule has 0 atom stereocenters. The Bertz CT molecular complexity index is 849. The first-order valence-corrected chi connectivity index (χ1v) is 8.56. The molecular formula is C15H10Cl2N4OS. The highest BCUT2D eigenvalue weighted by Crippen LogP contribution is 2.39. The number of hydrogen-bond acceptors (Lipinski definition) is 6. The lowest BCUT2D eigenvalue weighted by Crippen LogP contribution is -1.94. The average molecular weight is 365 g/mol. The third kappa shape index (κ3) is 3.49. The van der Waals surface area contributed by atoms with Crippen LogP contribution in [-0.4, -0.2) is 20.2 Å². The van der Waals surface area contributed by atoms with Gasteiger partial charge in [0.05, 0.1) is 0 Å². The van der Waals surface area contributed by atoms with Crippen LogP contribution in [0, 0.1) is 0 Å². The van der Waals surface area contributed by atoms with Crippen molar-refractivity contribution in [3.05, 3.63) is 46.3 Å². The Morgan fingerprint density at radius 3 is 2.57 bits per heavy atom. The number of rotatable bonds is 4. The minimum Gasteiger partial charge on any atom is -0.411 e. The van der Waals surface area contributed by atoms with Crippen LogP contribution in [0.3, 0.4) is 0 Å². The van der Waals surface area contributed by atoms with Crippen LogP contribution in [0.15, 0.2) is 45.0 Å². The molecule has 116 valence electrons. The van der Waals surface area contributed by atoms with Gasteiger partial charge in [-0.1, -0.05) is 23.2 Å². The van der Waals surface area contributed by atoms with Crippen LogP contribution < -0.4 is 0 Å². The van der Waals surface area contributed by atoms with Crippen molar-refractivity contribution in [3.8, 4) is 11.5 Å². The van der Waals surface area contributed by atoms with Crippen molar-refractivity contribution in [3.63, 3.8) is 0 Å². The Labute approximate surface area is 146 Å². The molecule has 23 heavy (non-hydrogen) atoms. The van der Waals surface area contributed by atoms with Crippen LogP contribution in [-0.2, 0) is 0 Å². The molecule has 0 amide bonds. The first-order chi connectivity index (χ1) is 11.2. The van der Waals surface area contributed by atoms with Gasteiger partial charge in [-0.05, 0) is 48.9 Å². The summed E-state index contributed by atoms with van der Waals surface area (Å²) in [5, 5.41) is 10.3. The fraction of sp³-hybridized carbons (Fsp3) is 0.200. The summed E-state index contributed by atoms with van der Waals surface area (Å²) in [6, 6.07) is 8.92. The zero-order valence-corrected chi connectivity index (χ0v) is 14.1. The van der Waals surface area contributed by atoms with Crippen LogP contribution in [0.4, 0.5) is 0 Å². The largest absolute Gasteiger partial charge is 0.411 e. The van der Waals surface area contributed by atoms with E-state index in [0.29, 0.717) is 32.2 Å². The molecule has 0 N–H and O–H groups in total. The summed E-state index contributed by atoms with van der Waals surface area (Å²) in [4.78, 5) is 8.77. The summed E-state index contributed by atoms with van der Waals surface area (Å²) in [7, 11) is 0. The van der Waals surface area contributed by atoms with Crippen LogP contribution >= 0.6 is 35.0 Å². The van der Waals surface area contributed by atoms with Gasteiger partial charge < -0.3 is 4.42 Å². The van der Waals surface area contributed by atoms with Gasteiger partial charge in [0.15, 0.2) is 0 Å². The SMILES string of the molecule is Clc1ccc(-c2nnc(Sc3cc(Cl)nc(C4CC4)n3)o2)cc1. The van der Waals surface area contributed by atoms with Crippen molar-refractivity contribution in [1.29, 1.82) is 0 Å². The van der Waals surface area contributed by atoms with Gasteiger partial charge in [0, 0.05) is 22.6 Å². The first kappa shape index (κ1) is 14.9. The molecule has 0 saturated heterocycles. The summed E-state index contributed by atoms with van der Waals surface area (Å²) in [6.07, 6.45) is 2.23. The van der Waals surface area contributed by atoms with Crippen molar-refractivity contribution in [2.24, 2.45) is 0 Å². The van der Waals surface area contributed by atoms with Gasteiger partial charge in [-0.15, -0.1) is 10.2 Å². The summed E-state index contributed by atoms with van der Waals surface area (Å²) in [5.41, 5.74) is 0.813. The summed E-state index contributed by atoms with van der Waals surface area (Å²) >= 11 is 13.2. The highest BCUT2D eigenvalue weighted by Gasteiger charge is 2.27. The molecule has 2 heterocycles. The van der Waals surface area contributed by atoms with Crippen molar-refractivity contribution in [2.75, 3.05) is 0 Å². The van der Waals surface area contributed by atoms with Crippen LogP contribution in [0.5, 0.6) is 0 Å². The van der Waals surface area contributed by atoms with Crippen LogP contribution in [0.25, 0.3) is 11.5 Å². The van der Waals surface area contributed by atoms with Crippen molar-refractivity contribution in [1.82, 2.24) is 20.2 Å². The molecule has 5 nitrogen and oxygen atoms in total. The molecule has 1 saturated carbocycles. The van der Waals surface area contributed by atoms with E-state index in [2.05, 4.69) is 20.2 Å². The smallest absolute Gasteiger partial charge is 0.283 e. The lowest BCUT2D eigenvalue weighted by Gasteiger charge is -2.01. The summed E-state index contributed by atoms with van der Waals surface area (Å²) in [6.45, 7) is 0. The zero-order valence-electron chi connectivity index (χ0n) is 11.7. The monoisotopic (exact) mass is 364 g/mol. The van der Waals surface area contributed by atoms with Crippen LogP contribution in [0.1, 0.15) is 24.6 Å². The minimum absolute atomic E-state index is 0.409. The van der Waals surface area contributed by atoms with Gasteiger partial charge >= 0.3 is 0 Å². The first-order valence-electron chi connectivity index (χ1n) is 6.99. The second kappa shape index (κ2) is 6.11. The topological polar surface area (TPSA) is 64.7 Å². The lowest BCUT2D eigenvalue weighted by molar-refractivity contribution is 0.465. The second-order valence-corrected chi connectivity index (χ2v) is 6.94. The fourth-order valence-corrected chi connectivity index (χ4v) is 3.11. The Morgan fingerprint density at radius 1 is 1.04 bits per heavy atom. The molecule has 0 aliphatic heterocycles. The molecule has 1 aliphatic rings. The average Bonchev–Trinajstić information content (AvgIpc) is 3.28. The molecular weight excluding hydrogens is 355 g/mol. The minimum atomic E-state index is 0.409. The molecule has 0 unspecified atom stereocenters. The van der Waals surface area contributed by atoms with Crippen molar-refractivity contribution >= 4 is 35.0 Å². The maximum Gasteiger partial charge on any atom is 0.283 e. The molecule has 8 heteroatoms. The van der Waals surface area contributed by atoms with Crippen molar-refractivity contribution < 1.29 is 4.42 Å². The molecule has 0 spiro atoms. The highest BCUT2D eigenvalue weighted by molar-refractivity contribution is 7.99. The van der Waals surface area contributed by atoms with E-state index >= 15 is 0 Å². The molecule has 0 radical (unpaired) electrons. The molecule has 4 rings (SSSR count). The summed E-state index contributed by atoms with van der Waals surface area (Å²) < 4.78 is 5.66. The fourth-order valence-electron chi connectivity index (χ4n) is 2.04. The maximum atomic E-state index is 6.06. The Kier molecular flexibility index (Phi) is 3.97. The summed E-state index contributed by atoms with van der Waals surface area (Å²) in [5.74, 6) is 1.66. The van der Waals surface area contributed by atoms with E-state index in [0.717, 1.165) is 24.2 Å². The molecule has 3 aromatic rings. The van der Waals surface area contributed by atoms with Crippen molar-refractivity contribution in [2.45, 2.75) is 29.0 Å². The normalized spacial score (nSPS) is 14.2. The Hall–Kier alpha value is -1.63. The Balaban J connectivity index is 1.56. The third-order valence-corrected chi connectivity index (χ3v) is 4.52. The predicted molar refractivity (Wildman–Crippen MR) is 87.9 cm³/mol. The third-order valence-electron chi connectivity index (χ3n) is 3.32. The number of nitrogens with zero attached hydrogens (tertiary/aromatic N) is 4. The van der Waals surface area contributed by atoms with E-state index in [1.165, 1.54) is 11.8 Å². The van der Waals surface area contributed by atoms with E-state index in [-0.39, 0.29) is 0 Å². The van der Waals surface area contributed by atoms with Gasteiger partial charge in [-0.25, -0.2) is 9.97 Å². The van der Waals surface area contributed by atoms with Crippen LogP contribution in [0.2, 0.25) is 10.2 Å². The number of hydrogen-bond donors (Lipinski definition) is 0. The number of halogens is 2. The zero-order chi connectivity index (χ0) is 15.8. The van der Waals surface area contributed by atoms with Gasteiger partial charge in [0.25, 0.3) is 5.22 Å². The lowest BCUT2D eigenvalue weighted by atomic mass is 10.2. The van der Waals surface area contributed by atoms with E-state index in [9.17, 15) is 0 Å². The molecule has 1 aliphatic carbocycles. The molecule has 2 aromatic heterocycles. The number of benzene rings is 1. The van der Waals surface area contributed by atoms with E-state index < -0.39 is 0 Å². The molecule has 0 bridgehead atoms. The van der Waals surface area contributed by atoms with Gasteiger partial charge in [-0.2, -0.15) is 0 Å². The van der Waals surface area contributed by atoms with Gasteiger partial charge in [0.1, 0.15) is 16.0 Å². The predicted octanol–water partition coefficient (Wildman–Crippen LogP) is 4.86. The maximum absolute atomic E-state index is 6.06. The number of aromatic nitrogens is 4. The quantitative estimate of drug-likeness (QED) is 0.615. The van der Waals surface area contributed by atoms with E-state index in [1.54, 1.807) is 18.2 Å². The Morgan fingerprint density at radius 2 is 1.83 bits per heavy atom. The van der Waals surface area contributed by atoms with E-state index in [1.807, 2.05) is 12.1 Å². The standard InChI is InChI=1S/C15H10Cl2N4OS/c16-10-5-3-9(4-6-10)14-20-21-15(22-14)23-12-7-11(17)18-13(19-12)8-1-2-8/h3-8H,1-2H2. The van der Waals surface area contributed by atoms with E-state index in [4.69, 9.17) is 27.6 Å². The second-order valence-electron chi connectivity index (χ2n) is 5.14. The molecule has 1 fully saturated rings. The van der Waals surface area contributed by atoms with Gasteiger partial charge in [-0.3, -0.25) is 0 Å². The van der Waals surface area contributed by atoms with Gasteiger partial charge in [0.2, 0.25) is 5.89 Å².